The lowest BCUT2D eigenvalue weighted by Gasteiger charge is -2.33. The summed E-state index contributed by atoms with van der Waals surface area (Å²) in [5.41, 5.74) is 15.8. The van der Waals surface area contributed by atoms with E-state index >= 15 is 0 Å². The second-order valence-corrected chi connectivity index (χ2v) is 14.9. The van der Waals surface area contributed by atoms with Gasteiger partial charge in [0.05, 0.1) is 11.4 Å². The number of nitrogens with zero attached hydrogens (tertiary/aromatic N) is 1. The van der Waals surface area contributed by atoms with Crippen LogP contribution < -0.4 is 4.90 Å². The van der Waals surface area contributed by atoms with E-state index in [0.29, 0.717) is 0 Å². The topological polar surface area (TPSA) is 3.24 Å². The van der Waals surface area contributed by atoms with Crippen LogP contribution in [0.15, 0.2) is 200 Å². The summed E-state index contributed by atoms with van der Waals surface area (Å²) in [5.74, 6) is 0. The quantitative estimate of drug-likeness (QED) is 0.168. The number of para-hydroxylation sites is 1. The van der Waals surface area contributed by atoms with Crippen LogP contribution in [0.1, 0.15) is 25.0 Å². The molecule has 0 saturated heterocycles. The fraction of sp³-hybridized carbons (Fsp3) is 0.0566. The molecule has 0 spiro atoms. The van der Waals surface area contributed by atoms with Crippen LogP contribution >= 0.6 is 0 Å². The van der Waals surface area contributed by atoms with E-state index in [1.807, 2.05) is 0 Å². The van der Waals surface area contributed by atoms with Gasteiger partial charge in [-0.2, -0.15) is 0 Å². The van der Waals surface area contributed by atoms with E-state index in [0.717, 1.165) is 11.4 Å². The molecule has 0 N–H and O–H groups in total. The summed E-state index contributed by atoms with van der Waals surface area (Å²) in [4.78, 5) is 2.51. The molecule has 0 saturated carbocycles. The SMILES string of the molecule is CC1(C)c2cc3ccccc3cc2-c2cccc(N(c3ccc(-c4ccc5ccccc5c4)cc3)c3ccccc3-c3ccccc3-c3ccccc3)c21. The smallest absolute Gasteiger partial charge is 0.0540 e. The largest absolute Gasteiger partial charge is 0.310 e. The van der Waals surface area contributed by atoms with Crippen molar-refractivity contribution in [1.29, 1.82) is 0 Å². The van der Waals surface area contributed by atoms with Crippen molar-refractivity contribution in [2.45, 2.75) is 19.3 Å². The summed E-state index contributed by atoms with van der Waals surface area (Å²) in [6.45, 7) is 4.79. The lowest BCUT2D eigenvalue weighted by Crippen LogP contribution is -2.21. The molecule has 1 aliphatic rings. The highest BCUT2D eigenvalue weighted by molar-refractivity contribution is 5.99. The number of rotatable bonds is 6. The van der Waals surface area contributed by atoms with E-state index in [-0.39, 0.29) is 5.41 Å². The molecule has 1 aliphatic carbocycles. The first-order chi connectivity index (χ1) is 26.5. The Bertz CT molecular complexity index is 2850. The lowest BCUT2D eigenvalue weighted by atomic mass is 9.80. The first kappa shape index (κ1) is 32.0. The Hall–Kier alpha value is -6.70. The first-order valence-corrected chi connectivity index (χ1v) is 18.8. The van der Waals surface area contributed by atoms with E-state index in [9.17, 15) is 0 Å². The van der Waals surface area contributed by atoms with Crippen molar-refractivity contribution >= 4 is 38.6 Å². The molecule has 1 heteroatoms. The molecule has 0 atom stereocenters. The van der Waals surface area contributed by atoms with E-state index in [2.05, 4.69) is 219 Å². The molecular weight excluding hydrogens is 651 g/mol. The van der Waals surface area contributed by atoms with E-state index in [1.165, 1.54) is 82.9 Å². The van der Waals surface area contributed by atoms with Gasteiger partial charge in [-0.05, 0) is 114 Å². The van der Waals surface area contributed by atoms with Gasteiger partial charge in [-0.1, -0.05) is 172 Å². The number of benzene rings is 9. The van der Waals surface area contributed by atoms with Crippen LogP contribution in [0.25, 0.3) is 66.1 Å². The molecular formula is C53H39N. The van der Waals surface area contributed by atoms with Gasteiger partial charge in [-0.25, -0.2) is 0 Å². The van der Waals surface area contributed by atoms with Crippen LogP contribution in [0.3, 0.4) is 0 Å². The Labute approximate surface area is 317 Å². The van der Waals surface area contributed by atoms with Crippen molar-refractivity contribution < 1.29 is 0 Å². The minimum atomic E-state index is -0.231. The van der Waals surface area contributed by atoms with E-state index < -0.39 is 0 Å². The van der Waals surface area contributed by atoms with Crippen molar-refractivity contribution in [1.82, 2.24) is 0 Å². The average molecular weight is 690 g/mol. The number of hydrogen-bond donors (Lipinski definition) is 0. The minimum absolute atomic E-state index is 0.231. The van der Waals surface area contributed by atoms with Gasteiger partial charge in [0.2, 0.25) is 0 Å². The summed E-state index contributed by atoms with van der Waals surface area (Å²) in [6, 6.07) is 73.4. The fourth-order valence-electron chi connectivity index (χ4n) is 8.79. The van der Waals surface area contributed by atoms with Gasteiger partial charge in [0, 0.05) is 16.7 Å². The predicted molar refractivity (Wildman–Crippen MR) is 230 cm³/mol. The highest BCUT2D eigenvalue weighted by Gasteiger charge is 2.39. The number of anilines is 3. The van der Waals surface area contributed by atoms with Gasteiger partial charge in [0.25, 0.3) is 0 Å². The van der Waals surface area contributed by atoms with Crippen molar-refractivity contribution in [2.24, 2.45) is 0 Å². The molecule has 0 aliphatic heterocycles. The van der Waals surface area contributed by atoms with Crippen LogP contribution in [-0.4, -0.2) is 0 Å². The van der Waals surface area contributed by atoms with Gasteiger partial charge < -0.3 is 4.90 Å². The molecule has 10 rings (SSSR count). The second-order valence-electron chi connectivity index (χ2n) is 14.9. The summed E-state index contributed by atoms with van der Waals surface area (Å²) in [7, 11) is 0. The normalized spacial score (nSPS) is 12.8. The van der Waals surface area contributed by atoms with Crippen LogP contribution in [0.2, 0.25) is 0 Å². The Morgan fingerprint density at radius 2 is 0.889 bits per heavy atom. The van der Waals surface area contributed by atoms with Crippen molar-refractivity contribution in [3.05, 3.63) is 211 Å². The monoisotopic (exact) mass is 689 g/mol. The predicted octanol–water partition coefficient (Wildman–Crippen LogP) is 14.8. The van der Waals surface area contributed by atoms with Crippen molar-refractivity contribution in [3.63, 3.8) is 0 Å². The molecule has 0 aromatic heterocycles. The average Bonchev–Trinajstić information content (AvgIpc) is 3.46. The van der Waals surface area contributed by atoms with Crippen LogP contribution in [-0.2, 0) is 5.41 Å². The van der Waals surface area contributed by atoms with E-state index in [4.69, 9.17) is 0 Å². The van der Waals surface area contributed by atoms with Gasteiger partial charge in [0.15, 0.2) is 0 Å². The third-order valence-electron chi connectivity index (χ3n) is 11.4. The Morgan fingerprint density at radius 3 is 1.65 bits per heavy atom. The van der Waals surface area contributed by atoms with Gasteiger partial charge in [0.1, 0.15) is 0 Å². The third kappa shape index (κ3) is 5.24. The van der Waals surface area contributed by atoms with Crippen LogP contribution in [0.5, 0.6) is 0 Å². The summed E-state index contributed by atoms with van der Waals surface area (Å²) in [5, 5.41) is 5.06. The Morgan fingerprint density at radius 1 is 0.333 bits per heavy atom. The Balaban J connectivity index is 1.19. The lowest BCUT2D eigenvalue weighted by molar-refractivity contribution is 0.661. The standard InChI is InChI=1S/C53H39N/c1-53(2)49-35-41-20-9-8-19-40(41)34-48(49)47-24-14-26-51(52(47)53)54(43-31-29-37(30-32-43)42-28-27-36-15-6-7-18-39(36)33-42)50-25-13-12-23-46(50)45-22-11-10-21-44(45)38-16-4-3-5-17-38/h3-35H,1-2H3. The molecule has 256 valence electrons. The van der Waals surface area contributed by atoms with Crippen molar-refractivity contribution in [2.75, 3.05) is 4.90 Å². The molecule has 9 aromatic carbocycles. The zero-order valence-electron chi connectivity index (χ0n) is 30.5. The number of hydrogen-bond acceptors (Lipinski definition) is 1. The molecule has 9 aromatic rings. The third-order valence-corrected chi connectivity index (χ3v) is 11.4. The second kappa shape index (κ2) is 12.8. The highest BCUT2D eigenvalue weighted by Crippen LogP contribution is 2.56. The van der Waals surface area contributed by atoms with Gasteiger partial charge in [-0.3, -0.25) is 0 Å². The molecule has 0 unspecified atom stereocenters. The van der Waals surface area contributed by atoms with Crippen molar-refractivity contribution in [3.8, 4) is 44.5 Å². The van der Waals surface area contributed by atoms with E-state index in [1.54, 1.807) is 0 Å². The molecule has 0 radical (unpaired) electrons. The fourth-order valence-corrected chi connectivity index (χ4v) is 8.79. The van der Waals surface area contributed by atoms with Gasteiger partial charge in [-0.15, -0.1) is 0 Å². The zero-order chi connectivity index (χ0) is 36.2. The highest BCUT2D eigenvalue weighted by atomic mass is 15.1. The molecule has 0 amide bonds. The van der Waals surface area contributed by atoms with Gasteiger partial charge >= 0.3 is 0 Å². The van der Waals surface area contributed by atoms with Crippen LogP contribution in [0.4, 0.5) is 17.1 Å². The zero-order valence-corrected chi connectivity index (χ0v) is 30.5. The summed E-state index contributed by atoms with van der Waals surface area (Å²) in [6.07, 6.45) is 0. The molecule has 54 heavy (non-hydrogen) atoms. The maximum absolute atomic E-state index is 2.51. The summed E-state index contributed by atoms with van der Waals surface area (Å²) >= 11 is 0. The molecule has 1 nitrogen and oxygen atoms in total. The first-order valence-electron chi connectivity index (χ1n) is 18.8. The summed E-state index contributed by atoms with van der Waals surface area (Å²) < 4.78 is 0. The molecule has 0 bridgehead atoms. The minimum Gasteiger partial charge on any atom is -0.310 e. The molecule has 0 fully saturated rings. The number of fused-ring (bicyclic) bond motifs is 5. The maximum Gasteiger partial charge on any atom is 0.0540 e. The maximum atomic E-state index is 2.51. The molecule has 0 heterocycles. The Kier molecular flexibility index (Phi) is 7.56. The van der Waals surface area contributed by atoms with Crippen LogP contribution in [0, 0.1) is 0 Å².